The van der Waals surface area contributed by atoms with Crippen LogP contribution in [0.2, 0.25) is 5.02 Å². The summed E-state index contributed by atoms with van der Waals surface area (Å²) in [5.41, 5.74) is 1.01. The number of likely N-dealkylation sites (N-methyl/N-ethyl adjacent to an activating group) is 1. The first-order valence-electron chi connectivity index (χ1n) is 11.3. The molecule has 2 heterocycles. The lowest BCUT2D eigenvalue weighted by Crippen LogP contribution is -2.57. The molecule has 2 aliphatic rings. The molecule has 2 aromatic carbocycles. The van der Waals surface area contributed by atoms with Gasteiger partial charge in [0.1, 0.15) is 5.75 Å². The lowest BCUT2D eigenvalue weighted by atomic mass is 9.80. The van der Waals surface area contributed by atoms with E-state index in [1.54, 1.807) is 29.2 Å². The summed E-state index contributed by atoms with van der Waals surface area (Å²) in [6.45, 7) is 1.93. The fourth-order valence-corrected chi connectivity index (χ4v) is 4.87. The van der Waals surface area contributed by atoms with Crippen molar-refractivity contribution in [2.75, 3.05) is 33.0 Å². The van der Waals surface area contributed by atoms with E-state index in [0.717, 1.165) is 10.5 Å². The summed E-state index contributed by atoms with van der Waals surface area (Å²) in [5, 5.41) is 14.0. The maximum absolute atomic E-state index is 13.9. The van der Waals surface area contributed by atoms with E-state index in [-0.39, 0.29) is 18.9 Å². The molecule has 4 rings (SSSR count). The van der Waals surface area contributed by atoms with Crippen molar-refractivity contribution in [2.45, 2.75) is 31.0 Å². The second-order valence-corrected chi connectivity index (χ2v) is 8.43. The van der Waals surface area contributed by atoms with Gasteiger partial charge in [-0.15, -0.1) is 0 Å². The Morgan fingerprint density at radius 3 is 2.81 bits per heavy atom. The van der Waals surface area contributed by atoms with Gasteiger partial charge >= 0.3 is 0 Å². The van der Waals surface area contributed by atoms with Crippen molar-refractivity contribution in [1.82, 2.24) is 9.80 Å². The van der Waals surface area contributed by atoms with Gasteiger partial charge in [-0.2, -0.15) is 0 Å². The number of hydrogen-bond acceptors (Lipinski definition) is 5. The second kappa shape index (κ2) is 7.82. The number of benzene rings is 2. The minimum absolute atomic E-state index is 0.0384. The van der Waals surface area contributed by atoms with Gasteiger partial charge in [-0.3, -0.25) is 14.5 Å². The Labute approximate surface area is 189 Å². The van der Waals surface area contributed by atoms with Gasteiger partial charge in [0.05, 0.1) is 19.3 Å². The van der Waals surface area contributed by atoms with Crippen molar-refractivity contribution in [1.29, 1.82) is 0 Å². The highest BCUT2D eigenvalue weighted by molar-refractivity contribution is 6.31. The molecule has 2 amide bonds. The van der Waals surface area contributed by atoms with E-state index < -0.39 is 37.6 Å². The Morgan fingerprint density at radius 2 is 2.10 bits per heavy atom. The zero-order valence-electron chi connectivity index (χ0n) is 19.4. The molecule has 1 unspecified atom stereocenters. The second-order valence-electron chi connectivity index (χ2n) is 7.99. The Balaban J connectivity index is 2.02. The number of methoxy groups -OCH3 is 1. The predicted octanol–water partition coefficient (Wildman–Crippen LogP) is 2.38. The van der Waals surface area contributed by atoms with Crippen LogP contribution in [0.4, 0.5) is 5.69 Å². The predicted molar refractivity (Wildman–Crippen MR) is 118 cm³/mol. The van der Waals surface area contributed by atoms with Crippen LogP contribution in [0.5, 0.6) is 5.75 Å². The fourth-order valence-electron chi connectivity index (χ4n) is 4.70. The molecular weight excluding hydrogens is 418 g/mol. The zero-order valence-corrected chi connectivity index (χ0v) is 18.1. The molecule has 0 bridgehead atoms. The standard InChI is InChI=1S/C23H26ClN3O4/c1-13-5-8-20(31-4)17(9-13)23(16-10-14(24)6-7-18(16)25-22(23)30)27-12-15(28)11-19(27)21(29)26(2)3/h5-10,15,19,28H,11-12H2,1-4H3,(H,25,30)/t15-,19-,23?/m0/s1/i2D,3D. The van der Waals surface area contributed by atoms with Crippen molar-refractivity contribution in [3.8, 4) is 5.75 Å². The molecule has 0 aromatic heterocycles. The number of ether oxygens (including phenoxy) is 1. The minimum atomic E-state index is -1.51. The van der Waals surface area contributed by atoms with Crippen LogP contribution < -0.4 is 10.1 Å². The third-order valence-electron chi connectivity index (χ3n) is 6.00. The molecule has 8 heteroatoms. The van der Waals surface area contributed by atoms with Gasteiger partial charge in [-0.1, -0.05) is 23.2 Å². The van der Waals surface area contributed by atoms with Crippen molar-refractivity contribution < 1.29 is 22.2 Å². The van der Waals surface area contributed by atoms with Gasteiger partial charge in [-0.05, 0) is 43.7 Å². The minimum Gasteiger partial charge on any atom is -0.496 e. The molecule has 0 spiro atoms. The summed E-state index contributed by atoms with van der Waals surface area (Å²) in [4.78, 5) is 30.0. The van der Waals surface area contributed by atoms with E-state index in [2.05, 4.69) is 5.32 Å². The van der Waals surface area contributed by atoms with E-state index in [0.29, 0.717) is 27.6 Å². The van der Waals surface area contributed by atoms with Crippen molar-refractivity contribution in [2.24, 2.45) is 0 Å². The molecule has 0 radical (unpaired) electrons. The van der Waals surface area contributed by atoms with Gasteiger partial charge in [0.25, 0.3) is 5.91 Å². The van der Waals surface area contributed by atoms with Gasteiger partial charge in [0.2, 0.25) is 5.91 Å². The Bertz CT molecular complexity index is 1100. The summed E-state index contributed by atoms with van der Waals surface area (Å²) in [7, 11) is 0.729. The number of aliphatic hydroxyl groups is 1. The average molecular weight is 446 g/mol. The molecule has 2 aromatic rings. The van der Waals surface area contributed by atoms with Gasteiger partial charge < -0.3 is 20.1 Å². The van der Waals surface area contributed by atoms with Crippen molar-refractivity contribution in [3.63, 3.8) is 0 Å². The molecule has 0 saturated carbocycles. The van der Waals surface area contributed by atoms with Crippen LogP contribution >= 0.6 is 11.6 Å². The summed E-state index contributed by atoms with van der Waals surface area (Å²) < 4.78 is 21.0. The normalized spacial score (nSPS) is 26.1. The van der Waals surface area contributed by atoms with Crippen LogP contribution in [0.3, 0.4) is 0 Å². The van der Waals surface area contributed by atoms with E-state index in [9.17, 15) is 14.7 Å². The number of likely N-dealkylation sites (tertiary alicyclic amines) is 1. The van der Waals surface area contributed by atoms with E-state index in [4.69, 9.17) is 19.1 Å². The highest BCUT2D eigenvalue weighted by Crippen LogP contribution is 2.51. The summed E-state index contributed by atoms with van der Waals surface area (Å²) >= 11 is 6.36. The molecular formula is C23H26ClN3O4. The zero-order chi connectivity index (χ0) is 23.9. The van der Waals surface area contributed by atoms with Crippen LogP contribution in [-0.4, -0.2) is 66.6 Å². The van der Waals surface area contributed by atoms with Gasteiger partial charge in [0, 0.05) is 45.2 Å². The number of fused-ring (bicyclic) bond motifs is 1. The van der Waals surface area contributed by atoms with E-state index in [1.807, 2.05) is 19.1 Å². The first-order valence-corrected chi connectivity index (χ1v) is 10.2. The van der Waals surface area contributed by atoms with Crippen LogP contribution in [0.25, 0.3) is 0 Å². The van der Waals surface area contributed by atoms with Crippen LogP contribution in [0.1, 0.15) is 25.9 Å². The number of rotatable bonds is 4. The van der Waals surface area contributed by atoms with Crippen molar-refractivity contribution >= 4 is 29.1 Å². The quantitative estimate of drug-likeness (QED) is 0.755. The summed E-state index contributed by atoms with van der Waals surface area (Å²) in [6.07, 6.45) is -0.796. The van der Waals surface area contributed by atoms with E-state index >= 15 is 0 Å². The van der Waals surface area contributed by atoms with Gasteiger partial charge in [0.15, 0.2) is 5.54 Å². The number of aryl methyl sites for hydroxylation is 1. The van der Waals surface area contributed by atoms with Crippen LogP contribution in [-0.2, 0) is 15.1 Å². The Hall–Kier alpha value is -2.61. The third kappa shape index (κ3) is 3.28. The molecule has 2 aliphatic heterocycles. The lowest BCUT2D eigenvalue weighted by Gasteiger charge is -2.41. The monoisotopic (exact) mass is 445 g/mol. The molecule has 0 aliphatic carbocycles. The maximum Gasteiger partial charge on any atom is 0.254 e. The molecule has 2 N–H and O–H groups in total. The highest BCUT2D eigenvalue weighted by atomic mass is 35.5. The number of β-amino-alcohol motifs (C(OH)–C–C–N with tert-alkyl or cyclic N) is 1. The summed E-state index contributed by atoms with van der Waals surface area (Å²) in [6, 6.07) is 9.63. The molecule has 3 atom stereocenters. The fraction of sp³-hybridized carbons (Fsp3) is 0.391. The molecule has 164 valence electrons. The first kappa shape index (κ1) is 19.1. The topological polar surface area (TPSA) is 82.1 Å². The SMILES string of the molecule is [2H]CN(C[2H])C(=O)[C@@H]1C[C@H](O)CN1C1(c2cc(C)ccc2OC)C(=O)Nc2ccc(Cl)cc21. The lowest BCUT2D eigenvalue weighted by molar-refractivity contribution is -0.138. The number of nitrogens with zero attached hydrogens (tertiary/aromatic N) is 2. The molecule has 7 nitrogen and oxygen atoms in total. The maximum atomic E-state index is 13.9. The van der Waals surface area contributed by atoms with Crippen LogP contribution in [0, 0.1) is 6.92 Å². The largest absolute Gasteiger partial charge is 0.496 e. The smallest absolute Gasteiger partial charge is 0.254 e. The number of nitrogens with one attached hydrogen (secondary N) is 1. The van der Waals surface area contributed by atoms with Gasteiger partial charge in [-0.25, -0.2) is 0 Å². The number of carbonyl (C=O) groups is 2. The average Bonchev–Trinajstić information content (AvgIpc) is 3.31. The molecule has 1 saturated heterocycles. The number of anilines is 1. The Kier molecular flexibility index (Phi) is 4.82. The molecule has 31 heavy (non-hydrogen) atoms. The number of aliphatic hydroxyl groups excluding tert-OH is 1. The number of amides is 2. The van der Waals surface area contributed by atoms with Crippen molar-refractivity contribution in [3.05, 3.63) is 58.1 Å². The highest BCUT2D eigenvalue weighted by Gasteiger charge is 2.59. The molecule has 1 fully saturated rings. The Morgan fingerprint density at radius 1 is 1.32 bits per heavy atom. The number of carbonyl (C=O) groups excluding carboxylic acids is 2. The first-order chi connectivity index (χ1) is 15.8. The van der Waals surface area contributed by atoms with Crippen LogP contribution in [0.15, 0.2) is 36.4 Å². The number of halogens is 1. The van der Waals surface area contributed by atoms with E-state index in [1.165, 1.54) is 7.11 Å². The number of hydrogen-bond donors (Lipinski definition) is 2. The summed E-state index contributed by atoms with van der Waals surface area (Å²) in [5.74, 6) is -0.418. The third-order valence-corrected chi connectivity index (χ3v) is 6.23.